The molecule has 1 N–H and O–H groups in total. The fraction of sp³-hybridized carbons (Fsp3) is 0.250. The van der Waals surface area contributed by atoms with Gasteiger partial charge in [-0.15, -0.1) is 0 Å². The lowest BCUT2D eigenvalue weighted by Gasteiger charge is -2.09. The molecule has 1 aromatic heterocycles. The van der Waals surface area contributed by atoms with Crippen molar-refractivity contribution in [3.8, 4) is 22.9 Å². The van der Waals surface area contributed by atoms with Crippen LogP contribution in [0.25, 0.3) is 11.1 Å². The first-order valence-corrected chi connectivity index (χ1v) is 6.63. The Hall–Kier alpha value is -2.61. The summed E-state index contributed by atoms with van der Waals surface area (Å²) in [4.78, 5) is 14.4. The average molecular weight is 286 g/mol. The van der Waals surface area contributed by atoms with E-state index in [-0.39, 0.29) is 5.56 Å². The minimum atomic E-state index is -0.479. The first kappa shape index (κ1) is 14.8. The lowest BCUT2D eigenvalue weighted by atomic mass is 10.0. The van der Waals surface area contributed by atoms with E-state index in [2.05, 4.69) is 4.98 Å². The molecule has 2 aromatic rings. The predicted octanol–water partition coefficient (Wildman–Crippen LogP) is 3.15. The Bertz CT molecular complexity index is 760. The second kappa shape index (κ2) is 6.23. The van der Waals surface area contributed by atoms with Crippen molar-refractivity contribution in [1.82, 2.24) is 4.98 Å². The first-order valence-electron chi connectivity index (χ1n) is 6.63. The lowest BCUT2D eigenvalue weighted by molar-refractivity contribution is 0.316. The monoisotopic (exact) mass is 286 g/mol. The van der Waals surface area contributed by atoms with Crippen LogP contribution in [0.2, 0.25) is 0 Å². The van der Waals surface area contributed by atoms with Gasteiger partial charge in [0, 0.05) is 17.3 Å². The van der Waals surface area contributed by atoms with Gasteiger partial charge in [0.15, 0.2) is 0 Å². The second-order valence-electron chi connectivity index (χ2n) is 4.71. The quantitative estimate of drug-likeness (QED) is 0.939. The molecule has 1 aromatic carbocycles. The fourth-order valence-electron chi connectivity index (χ4n) is 2.05. The van der Waals surface area contributed by atoms with Gasteiger partial charge in [-0.05, 0) is 37.1 Å². The lowest BCUT2D eigenvalue weighted by Crippen LogP contribution is -2.12. The Morgan fingerprint density at radius 3 is 2.76 bits per heavy atom. The van der Waals surface area contributed by atoms with E-state index >= 15 is 0 Å². The van der Waals surface area contributed by atoms with Crippen molar-refractivity contribution in [1.29, 1.82) is 5.26 Å². The smallest absolute Gasteiger partial charge is 0.266 e. The highest BCUT2D eigenvalue weighted by Crippen LogP contribution is 2.27. The van der Waals surface area contributed by atoms with Gasteiger partial charge in [-0.1, -0.05) is 6.92 Å². The molecule has 0 aliphatic rings. The summed E-state index contributed by atoms with van der Waals surface area (Å²) in [5.41, 5.74) is 0.946. The number of H-pyrrole nitrogens is 1. The van der Waals surface area contributed by atoms with E-state index in [9.17, 15) is 9.18 Å². The van der Waals surface area contributed by atoms with Crippen LogP contribution < -0.4 is 10.3 Å². The topological polar surface area (TPSA) is 65.9 Å². The molecule has 0 unspecified atom stereocenters. The summed E-state index contributed by atoms with van der Waals surface area (Å²) in [6.45, 7) is 4.14. The Morgan fingerprint density at radius 2 is 2.10 bits per heavy atom. The summed E-state index contributed by atoms with van der Waals surface area (Å²) < 4.78 is 19.2. The van der Waals surface area contributed by atoms with Gasteiger partial charge >= 0.3 is 0 Å². The Kier molecular flexibility index (Phi) is 4.39. The number of benzene rings is 1. The van der Waals surface area contributed by atoms with E-state index in [0.717, 1.165) is 6.42 Å². The minimum absolute atomic E-state index is 0.0346. The molecule has 0 atom stereocenters. The summed E-state index contributed by atoms with van der Waals surface area (Å²) in [5.74, 6) is -0.0888. The number of aryl methyl sites for hydroxylation is 1. The zero-order valence-corrected chi connectivity index (χ0v) is 11.9. The largest absolute Gasteiger partial charge is 0.493 e. The number of halogens is 1. The van der Waals surface area contributed by atoms with Gasteiger partial charge < -0.3 is 9.72 Å². The van der Waals surface area contributed by atoms with Crippen LogP contribution in [0.15, 0.2) is 29.1 Å². The van der Waals surface area contributed by atoms with Crippen LogP contribution in [0, 0.1) is 24.1 Å². The maximum absolute atomic E-state index is 13.7. The zero-order valence-electron chi connectivity index (χ0n) is 11.9. The van der Waals surface area contributed by atoms with Crippen molar-refractivity contribution in [2.75, 3.05) is 6.61 Å². The molecule has 0 bridgehead atoms. The third-order valence-corrected chi connectivity index (χ3v) is 2.93. The minimum Gasteiger partial charge on any atom is -0.493 e. The molecule has 1 heterocycles. The van der Waals surface area contributed by atoms with Crippen LogP contribution in [0.4, 0.5) is 4.39 Å². The van der Waals surface area contributed by atoms with Gasteiger partial charge in [-0.25, -0.2) is 4.39 Å². The summed E-state index contributed by atoms with van der Waals surface area (Å²) in [6.07, 6.45) is 0.805. The van der Waals surface area contributed by atoms with Crippen LogP contribution in [0.3, 0.4) is 0 Å². The number of nitrogens with one attached hydrogen (secondary N) is 1. The van der Waals surface area contributed by atoms with Crippen molar-refractivity contribution in [3.05, 3.63) is 51.7 Å². The van der Waals surface area contributed by atoms with Gasteiger partial charge in [-0.2, -0.15) is 5.26 Å². The van der Waals surface area contributed by atoms with Gasteiger partial charge in [0.2, 0.25) is 0 Å². The standard InChI is InChI=1S/C16H15FN2O2/c1-3-4-21-13-7-11(6-12(17)8-13)14-5-10(2)19-16(20)15(14)9-18/h5-8H,3-4H2,1-2H3,(H,19,20). The van der Waals surface area contributed by atoms with Crippen molar-refractivity contribution in [2.45, 2.75) is 20.3 Å². The highest BCUT2D eigenvalue weighted by atomic mass is 19.1. The summed E-state index contributed by atoms with van der Waals surface area (Å²) in [7, 11) is 0. The molecule has 0 saturated heterocycles. The molecule has 0 spiro atoms. The normalized spacial score (nSPS) is 10.2. The Morgan fingerprint density at radius 1 is 1.33 bits per heavy atom. The molecule has 0 fully saturated rings. The van der Waals surface area contributed by atoms with Gasteiger partial charge in [0.1, 0.15) is 23.2 Å². The third kappa shape index (κ3) is 3.29. The number of rotatable bonds is 4. The molecule has 0 aliphatic carbocycles. The molecule has 0 saturated carbocycles. The van der Waals surface area contributed by atoms with Crippen molar-refractivity contribution in [3.63, 3.8) is 0 Å². The zero-order chi connectivity index (χ0) is 15.4. The second-order valence-corrected chi connectivity index (χ2v) is 4.71. The Balaban J connectivity index is 2.59. The summed E-state index contributed by atoms with van der Waals surface area (Å²) in [5, 5.41) is 9.14. The number of pyridine rings is 1. The number of hydrogen-bond donors (Lipinski definition) is 1. The van der Waals surface area contributed by atoms with Crippen LogP contribution in [-0.4, -0.2) is 11.6 Å². The van der Waals surface area contributed by atoms with Gasteiger partial charge in [0.25, 0.3) is 5.56 Å². The number of aromatic nitrogens is 1. The van der Waals surface area contributed by atoms with Crippen molar-refractivity contribution >= 4 is 0 Å². The number of hydrogen-bond acceptors (Lipinski definition) is 3. The molecule has 0 amide bonds. The molecular formula is C16H15FN2O2. The predicted molar refractivity (Wildman–Crippen MR) is 77.7 cm³/mol. The molecule has 108 valence electrons. The fourth-order valence-corrected chi connectivity index (χ4v) is 2.05. The van der Waals surface area contributed by atoms with Crippen LogP contribution in [0.1, 0.15) is 24.6 Å². The number of aromatic amines is 1. The van der Waals surface area contributed by atoms with E-state index < -0.39 is 11.4 Å². The highest BCUT2D eigenvalue weighted by Gasteiger charge is 2.12. The first-order chi connectivity index (χ1) is 10.0. The van der Waals surface area contributed by atoms with Crippen molar-refractivity contribution in [2.24, 2.45) is 0 Å². The van der Waals surface area contributed by atoms with E-state index in [1.54, 1.807) is 19.1 Å². The number of ether oxygens (including phenoxy) is 1. The molecule has 21 heavy (non-hydrogen) atoms. The average Bonchev–Trinajstić information content (AvgIpc) is 2.43. The molecule has 4 nitrogen and oxygen atoms in total. The van der Waals surface area contributed by atoms with Gasteiger partial charge in [-0.3, -0.25) is 4.79 Å². The van der Waals surface area contributed by atoms with E-state index in [1.807, 2.05) is 13.0 Å². The summed E-state index contributed by atoms with van der Waals surface area (Å²) >= 11 is 0. The SMILES string of the molecule is CCCOc1cc(F)cc(-c2cc(C)[nH]c(=O)c2C#N)c1. The molecule has 0 aliphatic heterocycles. The summed E-state index contributed by atoms with van der Waals surface area (Å²) in [6, 6.07) is 7.72. The van der Waals surface area contributed by atoms with Crippen LogP contribution >= 0.6 is 0 Å². The molecule has 0 radical (unpaired) electrons. The maximum Gasteiger partial charge on any atom is 0.266 e. The third-order valence-electron chi connectivity index (χ3n) is 2.93. The van der Waals surface area contributed by atoms with Crippen LogP contribution in [0.5, 0.6) is 5.75 Å². The van der Waals surface area contributed by atoms with E-state index in [1.165, 1.54) is 12.1 Å². The number of nitriles is 1. The Labute approximate surface area is 121 Å². The van der Waals surface area contributed by atoms with Crippen molar-refractivity contribution < 1.29 is 9.13 Å². The number of nitrogens with zero attached hydrogens (tertiary/aromatic N) is 1. The van der Waals surface area contributed by atoms with E-state index in [4.69, 9.17) is 10.00 Å². The molecule has 5 heteroatoms. The molecule has 2 rings (SSSR count). The van der Waals surface area contributed by atoms with E-state index in [0.29, 0.717) is 29.2 Å². The maximum atomic E-state index is 13.7. The van der Waals surface area contributed by atoms with Gasteiger partial charge in [0.05, 0.1) is 6.61 Å². The van der Waals surface area contributed by atoms with Crippen LogP contribution in [-0.2, 0) is 0 Å². The highest BCUT2D eigenvalue weighted by molar-refractivity contribution is 5.71. The molecular weight excluding hydrogens is 271 g/mol.